The Balaban J connectivity index is 2.08. The molecular formula is C15H19ClN2O3. The Morgan fingerprint density at radius 1 is 1.33 bits per heavy atom. The molecule has 1 saturated heterocycles. The SMILES string of the molecule is COC(=O)c1ccc(Cl)c(NC(=O)C2CCN(C)CC2)c1. The van der Waals surface area contributed by atoms with Crippen LogP contribution in [0.1, 0.15) is 23.2 Å². The van der Waals surface area contributed by atoms with E-state index in [2.05, 4.69) is 15.0 Å². The van der Waals surface area contributed by atoms with Crippen molar-refractivity contribution in [3.05, 3.63) is 28.8 Å². The molecule has 0 saturated carbocycles. The van der Waals surface area contributed by atoms with Crippen molar-refractivity contribution in [1.29, 1.82) is 0 Å². The summed E-state index contributed by atoms with van der Waals surface area (Å²) in [7, 11) is 3.36. The van der Waals surface area contributed by atoms with E-state index in [4.69, 9.17) is 11.6 Å². The maximum Gasteiger partial charge on any atom is 0.337 e. The van der Waals surface area contributed by atoms with E-state index in [0.29, 0.717) is 16.3 Å². The molecule has 0 bridgehead atoms. The molecule has 1 aromatic carbocycles. The normalized spacial score (nSPS) is 16.5. The number of carbonyl (C=O) groups excluding carboxylic acids is 2. The Morgan fingerprint density at radius 2 is 2.00 bits per heavy atom. The second kappa shape index (κ2) is 6.91. The second-order valence-corrected chi connectivity index (χ2v) is 5.66. The predicted octanol–water partition coefficient (Wildman–Crippen LogP) is 2.41. The van der Waals surface area contributed by atoms with Crippen LogP contribution in [0.25, 0.3) is 0 Å². The number of ether oxygens (including phenoxy) is 1. The van der Waals surface area contributed by atoms with Crippen molar-refractivity contribution in [1.82, 2.24) is 4.90 Å². The summed E-state index contributed by atoms with van der Waals surface area (Å²) < 4.78 is 4.66. The quantitative estimate of drug-likeness (QED) is 0.871. The molecule has 6 heteroatoms. The maximum absolute atomic E-state index is 12.3. The van der Waals surface area contributed by atoms with Crippen LogP contribution in [0.5, 0.6) is 0 Å². The molecule has 0 atom stereocenters. The molecule has 0 aromatic heterocycles. The average molecular weight is 311 g/mol. The molecule has 21 heavy (non-hydrogen) atoms. The number of amides is 1. The number of rotatable bonds is 3. The molecule has 114 valence electrons. The first-order chi connectivity index (χ1) is 10.0. The van der Waals surface area contributed by atoms with E-state index in [1.165, 1.54) is 7.11 Å². The van der Waals surface area contributed by atoms with Crippen LogP contribution in [0, 0.1) is 5.92 Å². The fourth-order valence-electron chi connectivity index (χ4n) is 2.37. The number of likely N-dealkylation sites (tertiary alicyclic amines) is 1. The predicted molar refractivity (Wildman–Crippen MR) is 81.6 cm³/mol. The summed E-state index contributed by atoms with van der Waals surface area (Å²) in [6, 6.07) is 4.69. The molecule has 0 unspecified atom stereocenters. The van der Waals surface area contributed by atoms with E-state index in [9.17, 15) is 9.59 Å². The van der Waals surface area contributed by atoms with Gasteiger partial charge in [-0.3, -0.25) is 4.79 Å². The van der Waals surface area contributed by atoms with Gasteiger partial charge in [0.05, 0.1) is 23.4 Å². The van der Waals surface area contributed by atoms with Gasteiger partial charge in [0.25, 0.3) is 0 Å². The molecule has 1 N–H and O–H groups in total. The Morgan fingerprint density at radius 3 is 2.62 bits per heavy atom. The topological polar surface area (TPSA) is 58.6 Å². The largest absolute Gasteiger partial charge is 0.465 e. The summed E-state index contributed by atoms with van der Waals surface area (Å²) in [5.74, 6) is -0.521. The molecule has 0 aliphatic carbocycles. The fraction of sp³-hybridized carbons (Fsp3) is 0.467. The van der Waals surface area contributed by atoms with Crippen LogP contribution in [0.3, 0.4) is 0 Å². The van der Waals surface area contributed by atoms with Gasteiger partial charge in [-0.25, -0.2) is 4.79 Å². The van der Waals surface area contributed by atoms with Crippen LogP contribution in [0.2, 0.25) is 5.02 Å². The third kappa shape index (κ3) is 3.95. The third-order valence-electron chi connectivity index (χ3n) is 3.73. The van der Waals surface area contributed by atoms with Crippen LogP contribution in [-0.2, 0) is 9.53 Å². The van der Waals surface area contributed by atoms with Gasteiger partial charge >= 0.3 is 5.97 Å². The van der Waals surface area contributed by atoms with E-state index in [1.807, 2.05) is 7.05 Å². The number of hydrogen-bond donors (Lipinski definition) is 1. The summed E-state index contributed by atoms with van der Waals surface area (Å²) >= 11 is 6.08. The molecule has 1 amide bonds. The average Bonchev–Trinajstić information content (AvgIpc) is 2.49. The van der Waals surface area contributed by atoms with Gasteiger partial charge < -0.3 is 15.0 Å². The number of halogens is 1. The molecule has 1 fully saturated rings. The molecule has 5 nitrogen and oxygen atoms in total. The molecule has 0 radical (unpaired) electrons. The van der Waals surface area contributed by atoms with E-state index >= 15 is 0 Å². The van der Waals surface area contributed by atoms with E-state index < -0.39 is 5.97 Å². The monoisotopic (exact) mass is 310 g/mol. The van der Waals surface area contributed by atoms with Gasteiger partial charge in [0, 0.05) is 5.92 Å². The minimum Gasteiger partial charge on any atom is -0.465 e. The van der Waals surface area contributed by atoms with Gasteiger partial charge in [0.15, 0.2) is 0 Å². The highest BCUT2D eigenvalue weighted by Crippen LogP contribution is 2.25. The minimum atomic E-state index is -0.457. The lowest BCUT2D eigenvalue weighted by Crippen LogP contribution is -2.36. The van der Waals surface area contributed by atoms with E-state index in [1.54, 1.807) is 18.2 Å². The van der Waals surface area contributed by atoms with Crippen molar-refractivity contribution < 1.29 is 14.3 Å². The minimum absolute atomic E-state index is 0.0148. The third-order valence-corrected chi connectivity index (χ3v) is 4.06. The number of piperidine rings is 1. The lowest BCUT2D eigenvalue weighted by Gasteiger charge is -2.28. The molecule has 1 aliphatic heterocycles. The fourth-order valence-corrected chi connectivity index (χ4v) is 2.54. The summed E-state index contributed by atoms with van der Waals surface area (Å²) in [6.45, 7) is 1.82. The Kier molecular flexibility index (Phi) is 5.20. The smallest absolute Gasteiger partial charge is 0.337 e. The first kappa shape index (κ1) is 15.8. The van der Waals surface area contributed by atoms with Gasteiger partial charge in [0.1, 0.15) is 0 Å². The van der Waals surface area contributed by atoms with Crippen LogP contribution in [-0.4, -0.2) is 44.0 Å². The van der Waals surface area contributed by atoms with Crippen molar-refractivity contribution in [2.75, 3.05) is 32.6 Å². The van der Waals surface area contributed by atoms with Gasteiger partial charge in [-0.05, 0) is 51.2 Å². The summed E-state index contributed by atoms with van der Waals surface area (Å²) in [6.07, 6.45) is 1.66. The molecule has 1 aromatic rings. The zero-order valence-corrected chi connectivity index (χ0v) is 12.9. The zero-order chi connectivity index (χ0) is 15.4. The number of hydrogen-bond acceptors (Lipinski definition) is 4. The van der Waals surface area contributed by atoms with Gasteiger partial charge in [0.2, 0.25) is 5.91 Å². The molecule has 1 aliphatic rings. The van der Waals surface area contributed by atoms with Crippen molar-refractivity contribution in [2.24, 2.45) is 5.92 Å². The standard InChI is InChI=1S/C15H19ClN2O3/c1-18-7-5-10(6-8-18)14(19)17-13-9-11(15(20)21-2)3-4-12(13)16/h3-4,9-10H,5-8H2,1-2H3,(H,17,19). The van der Waals surface area contributed by atoms with Crippen LogP contribution in [0.4, 0.5) is 5.69 Å². The van der Waals surface area contributed by atoms with E-state index in [0.717, 1.165) is 25.9 Å². The van der Waals surface area contributed by atoms with Gasteiger partial charge in [-0.15, -0.1) is 0 Å². The summed E-state index contributed by atoms with van der Waals surface area (Å²) in [4.78, 5) is 26.0. The number of esters is 1. The van der Waals surface area contributed by atoms with Crippen molar-refractivity contribution in [3.63, 3.8) is 0 Å². The number of carbonyl (C=O) groups is 2. The first-order valence-electron chi connectivity index (χ1n) is 6.88. The number of nitrogens with one attached hydrogen (secondary N) is 1. The van der Waals surface area contributed by atoms with Crippen molar-refractivity contribution >= 4 is 29.2 Å². The molecule has 0 spiro atoms. The van der Waals surface area contributed by atoms with Crippen LogP contribution < -0.4 is 5.32 Å². The molecular weight excluding hydrogens is 292 g/mol. The highest BCUT2D eigenvalue weighted by atomic mass is 35.5. The zero-order valence-electron chi connectivity index (χ0n) is 12.2. The maximum atomic E-state index is 12.3. The van der Waals surface area contributed by atoms with Crippen molar-refractivity contribution in [3.8, 4) is 0 Å². The number of benzene rings is 1. The van der Waals surface area contributed by atoms with Gasteiger partial charge in [-0.2, -0.15) is 0 Å². The van der Waals surface area contributed by atoms with Crippen LogP contribution >= 0.6 is 11.6 Å². The van der Waals surface area contributed by atoms with E-state index in [-0.39, 0.29) is 11.8 Å². The first-order valence-corrected chi connectivity index (χ1v) is 7.26. The second-order valence-electron chi connectivity index (χ2n) is 5.25. The number of anilines is 1. The summed E-state index contributed by atoms with van der Waals surface area (Å²) in [5, 5.41) is 3.22. The number of methoxy groups -OCH3 is 1. The summed E-state index contributed by atoms with van der Waals surface area (Å²) in [5.41, 5.74) is 0.809. The Labute approximate surface area is 129 Å². The molecule has 2 rings (SSSR count). The lowest BCUT2D eigenvalue weighted by atomic mass is 9.96. The lowest BCUT2D eigenvalue weighted by molar-refractivity contribution is -0.121. The Hall–Kier alpha value is -1.59. The van der Waals surface area contributed by atoms with Crippen LogP contribution in [0.15, 0.2) is 18.2 Å². The Bertz CT molecular complexity index is 540. The highest BCUT2D eigenvalue weighted by Gasteiger charge is 2.24. The van der Waals surface area contributed by atoms with Crippen molar-refractivity contribution in [2.45, 2.75) is 12.8 Å². The highest BCUT2D eigenvalue weighted by molar-refractivity contribution is 6.33. The number of nitrogens with zero attached hydrogens (tertiary/aromatic N) is 1. The molecule has 1 heterocycles. The van der Waals surface area contributed by atoms with Gasteiger partial charge in [-0.1, -0.05) is 11.6 Å².